The fraction of sp³-hybridized carbons (Fsp3) is 0.417. The number of hydrogen-bond donors (Lipinski definition) is 1. The number of nitrogens with zero attached hydrogens (tertiary/aromatic N) is 1. The summed E-state index contributed by atoms with van der Waals surface area (Å²) in [6.07, 6.45) is 1.55. The summed E-state index contributed by atoms with van der Waals surface area (Å²) in [6, 6.07) is 7.65. The molecule has 1 N–H and O–H groups in total. The summed E-state index contributed by atoms with van der Waals surface area (Å²) in [5.74, 6) is -3.12. The van der Waals surface area contributed by atoms with Gasteiger partial charge in [0.25, 0.3) is 11.8 Å². The Balaban J connectivity index is 2.52. The Morgan fingerprint density at radius 2 is 1.37 bits per heavy atom. The highest BCUT2D eigenvalue weighted by Crippen LogP contribution is 2.24. The topological polar surface area (TPSA) is 49.4 Å². The summed E-state index contributed by atoms with van der Waals surface area (Å²) < 4.78 is 27.5. The van der Waals surface area contributed by atoms with Gasteiger partial charge in [-0.25, -0.2) is 19.2 Å². The summed E-state index contributed by atoms with van der Waals surface area (Å²) in [5, 5.41) is 0.897. The second-order valence-electron chi connectivity index (χ2n) is 8.82. The highest BCUT2D eigenvalue weighted by atomic mass is 19.1. The van der Waals surface area contributed by atoms with E-state index in [-0.39, 0.29) is 17.0 Å². The molecule has 2 rings (SSSR count). The van der Waals surface area contributed by atoms with Crippen LogP contribution < -0.4 is 5.43 Å². The number of hydrazine groups is 1. The largest absolute Gasteiger partial charge is 0.275 e. The molecule has 2 amide bonds. The molecular weight excluding hydrogens is 386 g/mol. The van der Waals surface area contributed by atoms with Crippen LogP contribution in [-0.4, -0.2) is 22.9 Å². The van der Waals surface area contributed by atoms with Crippen LogP contribution in [0.15, 0.2) is 36.4 Å². The van der Waals surface area contributed by atoms with Crippen LogP contribution in [0.3, 0.4) is 0 Å². The number of halogens is 2. The number of aryl methyl sites for hydroxylation is 2. The summed E-state index contributed by atoms with van der Waals surface area (Å²) in [7, 11) is 0. The van der Waals surface area contributed by atoms with Crippen LogP contribution in [-0.2, 0) is 0 Å². The minimum absolute atomic E-state index is 0.209. The number of hydrogen-bond acceptors (Lipinski definition) is 3. The first-order valence-electron chi connectivity index (χ1n) is 10.1. The number of amides is 2. The van der Waals surface area contributed by atoms with E-state index in [9.17, 15) is 18.4 Å². The Morgan fingerprint density at radius 1 is 0.900 bits per heavy atom. The van der Waals surface area contributed by atoms with Crippen molar-refractivity contribution in [3.63, 3.8) is 0 Å². The maximum absolute atomic E-state index is 13.7. The maximum atomic E-state index is 13.7. The summed E-state index contributed by atoms with van der Waals surface area (Å²) in [6.45, 7) is 11.8. The molecule has 0 aliphatic rings. The van der Waals surface area contributed by atoms with Gasteiger partial charge in [0.05, 0.1) is 0 Å². The van der Waals surface area contributed by atoms with Crippen molar-refractivity contribution < 1.29 is 18.4 Å². The predicted molar refractivity (Wildman–Crippen MR) is 114 cm³/mol. The first-order chi connectivity index (χ1) is 13.9. The second-order valence-corrected chi connectivity index (χ2v) is 8.82. The Kier molecular flexibility index (Phi) is 7.48. The lowest BCUT2D eigenvalue weighted by Crippen LogP contribution is -2.55. The van der Waals surface area contributed by atoms with Crippen LogP contribution in [0.5, 0.6) is 0 Å². The molecule has 2 aromatic rings. The molecule has 0 bridgehead atoms. The van der Waals surface area contributed by atoms with E-state index in [1.165, 1.54) is 0 Å². The fourth-order valence-electron chi connectivity index (χ4n) is 3.38. The summed E-state index contributed by atoms with van der Waals surface area (Å²) >= 11 is 0. The van der Waals surface area contributed by atoms with Gasteiger partial charge in [0.1, 0.15) is 11.6 Å². The van der Waals surface area contributed by atoms with Crippen molar-refractivity contribution in [1.29, 1.82) is 0 Å². The smallest absolute Gasteiger partial charge is 0.267 e. The van der Waals surface area contributed by atoms with Crippen LogP contribution in [0, 0.1) is 30.9 Å². The highest BCUT2D eigenvalue weighted by Gasteiger charge is 2.32. The molecule has 0 heterocycles. The van der Waals surface area contributed by atoms with Crippen molar-refractivity contribution in [2.45, 2.75) is 60.4 Å². The van der Waals surface area contributed by atoms with Crippen molar-refractivity contribution in [3.05, 3.63) is 70.3 Å². The lowest BCUT2D eigenvalue weighted by molar-refractivity contribution is 0.0424. The van der Waals surface area contributed by atoms with Crippen LogP contribution in [0.2, 0.25) is 0 Å². The minimum Gasteiger partial charge on any atom is -0.267 e. The lowest BCUT2D eigenvalue weighted by atomic mass is 9.84. The number of nitrogens with one attached hydrogen (secondary N) is 1. The number of rotatable bonds is 6. The number of carbonyl (C=O) groups excluding carboxylic acids is 2. The molecule has 2 aromatic carbocycles. The van der Waals surface area contributed by atoms with Crippen LogP contribution in [0.4, 0.5) is 8.78 Å². The Hall–Kier alpha value is -2.60. The van der Waals surface area contributed by atoms with Gasteiger partial charge in [-0.3, -0.25) is 9.59 Å². The molecule has 30 heavy (non-hydrogen) atoms. The Labute approximate surface area is 177 Å². The van der Waals surface area contributed by atoms with Crippen molar-refractivity contribution >= 4 is 11.8 Å². The van der Waals surface area contributed by atoms with Crippen molar-refractivity contribution in [3.8, 4) is 0 Å². The van der Waals surface area contributed by atoms with Gasteiger partial charge >= 0.3 is 0 Å². The molecule has 6 heteroatoms. The lowest BCUT2D eigenvalue weighted by Gasteiger charge is -2.35. The first kappa shape index (κ1) is 23.7. The molecule has 0 saturated carbocycles. The fourth-order valence-corrected chi connectivity index (χ4v) is 3.38. The van der Waals surface area contributed by atoms with Crippen molar-refractivity contribution in [1.82, 2.24) is 10.4 Å². The minimum atomic E-state index is -0.877. The van der Waals surface area contributed by atoms with Crippen LogP contribution in [0.25, 0.3) is 0 Å². The molecule has 4 nitrogen and oxygen atoms in total. The Morgan fingerprint density at radius 3 is 1.80 bits per heavy atom. The van der Waals surface area contributed by atoms with Gasteiger partial charge in [-0.15, -0.1) is 0 Å². The van der Waals surface area contributed by atoms with E-state index in [0.29, 0.717) is 18.1 Å². The van der Waals surface area contributed by atoms with Gasteiger partial charge < -0.3 is 0 Å². The van der Waals surface area contributed by atoms with E-state index in [1.807, 2.05) is 47.6 Å². The molecule has 0 saturated heterocycles. The molecule has 0 aliphatic carbocycles. The third-order valence-electron chi connectivity index (χ3n) is 4.89. The van der Waals surface area contributed by atoms with Gasteiger partial charge in [-0.1, -0.05) is 51.3 Å². The second kappa shape index (κ2) is 9.47. The van der Waals surface area contributed by atoms with Crippen molar-refractivity contribution in [2.75, 3.05) is 0 Å². The molecule has 0 fully saturated rings. The molecule has 0 aromatic heterocycles. The number of carbonyl (C=O) groups is 2. The normalized spacial score (nSPS) is 12.5. The monoisotopic (exact) mass is 416 g/mol. The van der Waals surface area contributed by atoms with E-state index in [2.05, 4.69) is 5.43 Å². The molecular formula is C24H30F2N2O2. The summed E-state index contributed by atoms with van der Waals surface area (Å²) in [4.78, 5) is 26.6. The van der Waals surface area contributed by atoms with E-state index < -0.39 is 23.4 Å². The standard InChI is InChI=1S/C24H30F2N2O2/c1-7-8-21(24(4,5)6)27-28(22(29)17-10-15(2)9-16(3)11-17)23(30)18-12-19(25)14-20(26)13-18/h9-14,21,27H,7-8H2,1-6H3/t21-/m1/s1. The van der Waals surface area contributed by atoms with E-state index in [0.717, 1.165) is 34.7 Å². The molecule has 0 spiro atoms. The van der Waals surface area contributed by atoms with Gasteiger partial charge in [-0.2, -0.15) is 0 Å². The molecule has 0 unspecified atom stereocenters. The number of benzene rings is 2. The van der Waals surface area contributed by atoms with E-state index in [4.69, 9.17) is 0 Å². The third kappa shape index (κ3) is 5.95. The van der Waals surface area contributed by atoms with Gasteiger partial charge in [0.2, 0.25) is 0 Å². The van der Waals surface area contributed by atoms with Gasteiger partial charge in [0, 0.05) is 23.2 Å². The average molecular weight is 417 g/mol. The SMILES string of the molecule is CCC[C@@H](NN(C(=O)c1cc(C)cc(C)c1)C(=O)c1cc(F)cc(F)c1)C(C)(C)C. The quantitative estimate of drug-likeness (QED) is 0.494. The zero-order chi connectivity index (χ0) is 22.6. The first-order valence-corrected chi connectivity index (χ1v) is 10.1. The van der Waals surface area contributed by atoms with Gasteiger partial charge in [0.15, 0.2) is 0 Å². The zero-order valence-electron chi connectivity index (χ0n) is 18.5. The zero-order valence-corrected chi connectivity index (χ0v) is 18.5. The number of imide groups is 1. The summed E-state index contributed by atoms with van der Waals surface area (Å²) in [5.41, 5.74) is 4.65. The maximum Gasteiger partial charge on any atom is 0.275 e. The predicted octanol–water partition coefficient (Wildman–Crippen LogP) is 5.58. The molecule has 1 atom stereocenters. The third-order valence-corrected chi connectivity index (χ3v) is 4.89. The average Bonchev–Trinajstić information content (AvgIpc) is 2.61. The molecule has 162 valence electrons. The highest BCUT2D eigenvalue weighted by molar-refractivity contribution is 6.10. The molecule has 0 radical (unpaired) electrons. The van der Waals surface area contributed by atoms with Crippen molar-refractivity contribution in [2.24, 2.45) is 5.41 Å². The van der Waals surface area contributed by atoms with E-state index >= 15 is 0 Å². The van der Waals surface area contributed by atoms with Crippen LogP contribution >= 0.6 is 0 Å². The molecule has 0 aliphatic heterocycles. The van der Waals surface area contributed by atoms with E-state index in [1.54, 1.807) is 12.1 Å². The Bertz CT molecular complexity index is 831. The van der Waals surface area contributed by atoms with Gasteiger partial charge in [-0.05, 0) is 49.9 Å². The van der Waals surface area contributed by atoms with Crippen LogP contribution in [0.1, 0.15) is 72.4 Å².